The number of nitrogens with zero attached hydrogens (tertiary/aromatic N) is 1. The van der Waals surface area contributed by atoms with E-state index in [-0.39, 0.29) is 5.75 Å². The summed E-state index contributed by atoms with van der Waals surface area (Å²) in [5.74, 6) is 0.185. The minimum atomic E-state index is 0.185. The Morgan fingerprint density at radius 2 is 2.08 bits per heavy atom. The zero-order valence-electron chi connectivity index (χ0n) is 6.94. The van der Waals surface area contributed by atoms with Gasteiger partial charge in [0.25, 0.3) is 0 Å². The van der Waals surface area contributed by atoms with Gasteiger partial charge in [0.1, 0.15) is 11.4 Å². The first-order valence-electron chi connectivity index (χ1n) is 3.99. The van der Waals surface area contributed by atoms with Crippen molar-refractivity contribution in [2.45, 2.75) is 0 Å². The molecule has 63 valence electrons. The smallest absolute Gasteiger partial charge is 0.141 e. The molecule has 1 N–H and O–H groups in total. The lowest BCUT2D eigenvalue weighted by Gasteiger charge is -2.01. The van der Waals surface area contributed by atoms with Gasteiger partial charge in [-0.3, -0.25) is 4.98 Å². The van der Waals surface area contributed by atoms with Crippen molar-refractivity contribution in [2.24, 2.45) is 0 Å². The minimum Gasteiger partial charge on any atom is -0.506 e. The van der Waals surface area contributed by atoms with Crippen molar-refractivity contribution in [3.05, 3.63) is 48.7 Å². The fourth-order valence-electron chi connectivity index (χ4n) is 1.14. The Bertz CT molecular complexity index is 398. The van der Waals surface area contributed by atoms with Crippen LogP contribution in [0.3, 0.4) is 0 Å². The van der Waals surface area contributed by atoms with E-state index in [0.29, 0.717) is 5.69 Å². The number of benzene rings is 1. The largest absolute Gasteiger partial charge is 0.506 e. The minimum absolute atomic E-state index is 0.185. The number of rotatable bonds is 1. The molecule has 0 saturated heterocycles. The van der Waals surface area contributed by atoms with E-state index < -0.39 is 0 Å². The molecule has 13 heavy (non-hydrogen) atoms. The van der Waals surface area contributed by atoms with E-state index in [1.54, 1.807) is 24.4 Å². The Balaban J connectivity index is 2.54. The quantitative estimate of drug-likeness (QED) is 0.712. The summed E-state index contributed by atoms with van der Waals surface area (Å²) in [5.41, 5.74) is 1.38. The lowest BCUT2D eigenvalue weighted by Crippen LogP contribution is -1.82. The van der Waals surface area contributed by atoms with Crippen molar-refractivity contribution in [1.29, 1.82) is 0 Å². The molecular formula is C11H8NO. The van der Waals surface area contributed by atoms with E-state index in [1.165, 1.54) is 0 Å². The SMILES string of the molecule is Oc1cccnc1-c1[c]cccc1. The van der Waals surface area contributed by atoms with E-state index in [1.807, 2.05) is 18.2 Å². The van der Waals surface area contributed by atoms with E-state index >= 15 is 0 Å². The Labute approximate surface area is 76.5 Å². The Morgan fingerprint density at radius 1 is 1.15 bits per heavy atom. The van der Waals surface area contributed by atoms with Crippen LogP contribution in [-0.4, -0.2) is 10.1 Å². The van der Waals surface area contributed by atoms with Gasteiger partial charge < -0.3 is 5.11 Å². The second kappa shape index (κ2) is 3.27. The average molecular weight is 170 g/mol. The number of hydrogen-bond donors (Lipinski definition) is 1. The molecule has 0 atom stereocenters. The maximum absolute atomic E-state index is 9.48. The molecule has 0 bridgehead atoms. The highest BCUT2D eigenvalue weighted by Crippen LogP contribution is 2.24. The molecule has 1 heterocycles. The third-order valence-corrected chi connectivity index (χ3v) is 1.75. The van der Waals surface area contributed by atoms with Crippen molar-refractivity contribution >= 4 is 0 Å². The first-order valence-corrected chi connectivity index (χ1v) is 3.99. The molecule has 0 aliphatic heterocycles. The highest BCUT2D eigenvalue weighted by molar-refractivity contribution is 5.64. The standard InChI is InChI=1S/C11H8NO/c13-10-7-4-8-12-11(10)9-5-2-1-3-6-9/h1-5,7-8,13H. The molecule has 0 amide bonds. The second-order valence-corrected chi connectivity index (χ2v) is 2.65. The van der Waals surface area contributed by atoms with Gasteiger partial charge in [0.05, 0.1) is 0 Å². The molecule has 2 rings (SSSR count). The molecular weight excluding hydrogens is 162 g/mol. The third-order valence-electron chi connectivity index (χ3n) is 1.75. The van der Waals surface area contributed by atoms with Crippen molar-refractivity contribution in [1.82, 2.24) is 4.98 Å². The molecule has 2 heteroatoms. The predicted octanol–water partition coefficient (Wildman–Crippen LogP) is 2.25. The number of pyridine rings is 1. The summed E-state index contributed by atoms with van der Waals surface area (Å²) in [6.07, 6.45) is 1.65. The van der Waals surface area contributed by atoms with Gasteiger partial charge in [0.2, 0.25) is 0 Å². The van der Waals surface area contributed by atoms with E-state index in [2.05, 4.69) is 11.1 Å². The molecule has 0 aliphatic carbocycles. The van der Waals surface area contributed by atoms with Crippen LogP contribution in [0, 0.1) is 6.07 Å². The van der Waals surface area contributed by atoms with E-state index in [4.69, 9.17) is 0 Å². The number of hydrogen-bond acceptors (Lipinski definition) is 2. The first-order chi connectivity index (χ1) is 6.38. The van der Waals surface area contributed by atoms with Crippen LogP contribution in [0.4, 0.5) is 0 Å². The predicted molar refractivity (Wildman–Crippen MR) is 50.2 cm³/mol. The van der Waals surface area contributed by atoms with Gasteiger partial charge >= 0.3 is 0 Å². The van der Waals surface area contributed by atoms with Crippen molar-refractivity contribution in [3.8, 4) is 17.0 Å². The van der Waals surface area contributed by atoms with Crippen LogP contribution in [0.15, 0.2) is 42.6 Å². The van der Waals surface area contributed by atoms with Gasteiger partial charge in [-0.25, -0.2) is 0 Å². The van der Waals surface area contributed by atoms with E-state index in [9.17, 15) is 5.11 Å². The second-order valence-electron chi connectivity index (χ2n) is 2.65. The summed E-state index contributed by atoms with van der Waals surface area (Å²) < 4.78 is 0. The van der Waals surface area contributed by atoms with Crippen molar-refractivity contribution in [2.75, 3.05) is 0 Å². The molecule has 0 saturated carbocycles. The van der Waals surface area contributed by atoms with Crippen LogP contribution in [0.25, 0.3) is 11.3 Å². The van der Waals surface area contributed by atoms with Crippen LogP contribution >= 0.6 is 0 Å². The van der Waals surface area contributed by atoms with Gasteiger partial charge in [-0.05, 0) is 18.2 Å². The molecule has 2 aromatic rings. The average Bonchev–Trinajstić information content (AvgIpc) is 2.20. The summed E-state index contributed by atoms with van der Waals surface area (Å²) >= 11 is 0. The van der Waals surface area contributed by atoms with Gasteiger partial charge in [0.15, 0.2) is 0 Å². The Kier molecular flexibility index (Phi) is 1.96. The normalized spacial score (nSPS) is 9.85. The van der Waals surface area contributed by atoms with Crippen LogP contribution in [0.5, 0.6) is 5.75 Å². The monoisotopic (exact) mass is 170 g/mol. The number of aromatic hydroxyl groups is 1. The number of aromatic nitrogens is 1. The Morgan fingerprint density at radius 3 is 2.77 bits per heavy atom. The summed E-state index contributed by atoms with van der Waals surface area (Å²) in [6, 6.07) is 13.7. The van der Waals surface area contributed by atoms with Crippen LogP contribution in [-0.2, 0) is 0 Å². The molecule has 1 radical (unpaired) electrons. The summed E-state index contributed by atoms with van der Waals surface area (Å²) in [6.45, 7) is 0. The molecule has 1 aromatic carbocycles. The van der Waals surface area contributed by atoms with Crippen LogP contribution in [0.2, 0.25) is 0 Å². The zero-order valence-corrected chi connectivity index (χ0v) is 6.94. The maximum atomic E-state index is 9.48. The van der Waals surface area contributed by atoms with Crippen LogP contribution in [0.1, 0.15) is 0 Å². The van der Waals surface area contributed by atoms with Gasteiger partial charge in [0, 0.05) is 11.8 Å². The fourth-order valence-corrected chi connectivity index (χ4v) is 1.14. The molecule has 0 fully saturated rings. The molecule has 0 aliphatic rings. The van der Waals surface area contributed by atoms with Crippen LogP contribution < -0.4 is 0 Å². The molecule has 0 spiro atoms. The zero-order chi connectivity index (χ0) is 9.10. The maximum Gasteiger partial charge on any atom is 0.141 e. The van der Waals surface area contributed by atoms with Crippen molar-refractivity contribution < 1.29 is 5.11 Å². The third kappa shape index (κ3) is 1.51. The summed E-state index contributed by atoms with van der Waals surface area (Å²) in [4.78, 5) is 4.07. The van der Waals surface area contributed by atoms with Gasteiger partial charge in [-0.2, -0.15) is 0 Å². The van der Waals surface area contributed by atoms with Gasteiger partial charge in [-0.15, -0.1) is 0 Å². The van der Waals surface area contributed by atoms with Gasteiger partial charge in [-0.1, -0.05) is 24.3 Å². The molecule has 0 unspecified atom stereocenters. The van der Waals surface area contributed by atoms with Crippen molar-refractivity contribution in [3.63, 3.8) is 0 Å². The topological polar surface area (TPSA) is 33.1 Å². The molecule has 1 aromatic heterocycles. The summed E-state index contributed by atoms with van der Waals surface area (Å²) in [5, 5.41) is 9.48. The Hall–Kier alpha value is -1.83. The first kappa shape index (κ1) is 7.80. The summed E-state index contributed by atoms with van der Waals surface area (Å²) in [7, 11) is 0. The highest BCUT2D eigenvalue weighted by Gasteiger charge is 2.02. The lowest BCUT2D eigenvalue weighted by molar-refractivity contribution is 0.475. The van der Waals surface area contributed by atoms with E-state index in [0.717, 1.165) is 5.56 Å². The lowest BCUT2D eigenvalue weighted by atomic mass is 10.1. The molecule has 2 nitrogen and oxygen atoms in total. The highest BCUT2D eigenvalue weighted by atomic mass is 16.3. The fraction of sp³-hybridized carbons (Fsp3) is 0.